The van der Waals surface area contributed by atoms with Gasteiger partial charge in [-0.2, -0.15) is 0 Å². The maximum Gasteiger partial charge on any atom is 0.128 e. The third kappa shape index (κ3) is 2.88. The van der Waals surface area contributed by atoms with Crippen molar-refractivity contribution in [1.82, 2.24) is 9.55 Å². The molecule has 0 fully saturated rings. The third-order valence-electron chi connectivity index (χ3n) is 2.70. The van der Waals surface area contributed by atoms with Crippen molar-refractivity contribution in [2.24, 2.45) is 0 Å². The summed E-state index contributed by atoms with van der Waals surface area (Å²) in [6.07, 6.45) is 3.84. The van der Waals surface area contributed by atoms with E-state index in [9.17, 15) is 0 Å². The number of aryl methyl sites for hydroxylation is 2. The molecule has 0 unspecified atom stereocenters. The van der Waals surface area contributed by atoms with Gasteiger partial charge in [-0.1, -0.05) is 6.07 Å². The number of anilines is 1. The highest BCUT2D eigenvalue weighted by atomic mass is 79.9. The maximum atomic E-state index is 4.33. The molecular formula is C13H16BrN3. The summed E-state index contributed by atoms with van der Waals surface area (Å²) < 4.78 is 3.22. The Kier molecular flexibility index (Phi) is 3.84. The van der Waals surface area contributed by atoms with Gasteiger partial charge in [0.2, 0.25) is 0 Å². The van der Waals surface area contributed by atoms with E-state index >= 15 is 0 Å². The van der Waals surface area contributed by atoms with Crippen LogP contribution in [0.5, 0.6) is 0 Å². The zero-order chi connectivity index (χ0) is 12.3. The SMILES string of the molecule is CCn1ccnc1CNc1ccc(C)cc1Br. The molecule has 0 saturated heterocycles. The summed E-state index contributed by atoms with van der Waals surface area (Å²) in [5.74, 6) is 1.06. The van der Waals surface area contributed by atoms with Crippen LogP contribution >= 0.6 is 15.9 Å². The first-order valence-corrected chi connectivity index (χ1v) is 6.50. The minimum atomic E-state index is 0.739. The number of imidazole rings is 1. The normalized spacial score (nSPS) is 10.5. The van der Waals surface area contributed by atoms with E-state index in [2.05, 4.69) is 62.8 Å². The highest BCUT2D eigenvalue weighted by Crippen LogP contribution is 2.23. The average molecular weight is 294 g/mol. The summed E-state index contributed by atoms with van der Waals surface area (Å²) in [6, 6.07) is 6.28. The van der Waals surface area contributed by atoms with Crippen LogP contribution in [0.1, 0.15) is 18.3 Å². The molecule has 0 aliphatic heterocycles. The molecule has 0 radical (unpaired) electrons. The number of hydrogen-bond acceptors (Lipinski definition) is 2. The van der Waals surface area contributed by atoms with Crippen molar-refractivity contribution >= 4 is 21.6 Å². The lowest BCUT2D eigenvalue weighted by atomic mass is 10.2. The first-order chi connectivity index (χ1) is 8.20. The fraction of sp³-hybridized carbons (Fsp3) is 0.308. The Morgan fingerprint density at radius 1 is 1.41 bits per heavy atom. The second kappa shape index (κ2) is 5.36. The molecular weight excluding hydrogens is 278 g/mol. The molecule has 0 aliphatic carbocycles. The maximum absolute atomic E-state index is 4.33. The van der Waals surface area contributed by atoms with Gasteiger partial charge in [0.05, 0.1) is 6.54 Å². The lowest BCUT2D eigenvalue weighted by molar-refractivity contribution is 0.708. The number of halogens is 1. The quantitative estimate of drug-likeness (QED) is 0.934. The van der Waals surface area contributed by atoms with E-state index in [-0.39, 0.29) is 0 Å². The Morgan fingerprint density at radius 3 is 2.94 bits per heavy atom. The zero-order valence-electron chi connectivity index (χ0n) is 10.1. The Bertz CT molecular complexity index is 505. The van der Waals surface area contributed by atoms with Gasteiger partial charge in [-0.05, 0) is 47.5 Å². The van der Waals surface area contributed by atoms with E-state index in [0.29, 0.717) is 0 Å². The van der Waals surface area contributed by atoms with E-state index in [4.69, 9.17) is 0 Å². The van der Waals surface area contributed by atoms with E-state index in [1.165, 1.54) is 5.56 Å². The lowest BCUT2D eigenvalue weighted by Crippen LogP contribution is -2.07. The van der Waals surface area contributed by atoms with Gasteiger partial charge in [0.15, 0.2) is 0 Å². The first-order valence-electron chi connectivity index (χ1n) is 5.70. The number of nitrogens with zero attached hydrogens (tertiary/aromatic N) is 2. The topological polar surface area (TPSA) is 29.9 Å². The molecule has 1 aromatic carbocycles. The van der Waals surface area contributed by atoms with Gasteiger partial charge in [-0.15, -0.1) is 0 Å². The van der Waals surface area contributed by atoms with Crippen LogP contribution in [-0.2, 0) is 13.1 Å². The van der Waals surface area contributed by atoms with Gasteiger partial charge in [0.1, 0.15) is 5.82 Å². The molecule has 1 N–H and O–H groups in total. The van der Waals surface area contributed by atoms with Crippen molar-refractivity contribution in [3.63, 3.8) is 0 Å². The molecule has 0 saturated carbocycles. The molecule has 0 amide bonds. The number of rotatable bonds is 4. The Balaban J connectivity index is 2.07. The van der Waals surface area contributed by atoms with Crippen molar-refractivity contribution < 1.29 is 0 Å². The van der Waals surface area contributed by atoms with Crippen LogP contribution < -0.4 is 5.32 Å². The molecule has 2 rings (SSSR count). The van der Waals surface area contributed by atoms with Crippen LogP contribution in [0.4, 0.5) is 5.69 Å². The molecule has 3 nitrogen and oxygen atoms in total. The molecule has 90 valence electrons. The Labute approximate surface area is 110 Å². The second-order valence-electron chi connectivity index (χ2n) is 3.97. The van der Waals surface area contributed by atoms with Crippen LogP contribution in [0.25, 0.3) is 0 Å². The second-order valence-corrected chi connectivity index (χ2v) is 4.82. The number of nitrogens with one attached hydrogen (secondary N) is 1. The zero-order valence-corrected chi connectivity index (χ0v) is 11.7. The highest BCUT2D eigenvalue weighted by molar-refractivity contribution is 9.10. The summed E-state index contributed by atoms with van der Waals surface area (Å²) in [7, 11) is 0. The predicted molar refractivity (Wildman–Crippen MR) is 74.1 cm³/mol. The third-order valence-corrected chi connectivity index (χ3v) is 3.36. The summed E-state index contributed by atoms with van der Waals surface area (Å²) in [4.78, 5) is 4.33. The van der Waals surface area contributed by atoms with Gasteiger partial charge in [0, 0.05) is 29.1 Å². The molecule has 4 heteroatoms. The molecule has 0 aliphatic rings. The van der Waals surface area contributed by atoms with Crippen LogP contribution in [-0.4, -0.2) is 9.55 Å². The standard InChI is InChI=1S/C13H16BrN3/c1-3-17-7-6-15-13(17)9-16-12-5-4-10(2)8-11(12)14/h4-8,16H,3,9H2,1-2H3. The van der Waals surface area contributed by atoms with Crippen LogP contribution in [0, 0.1) is 6.92 Å². The largest absolute Gasteiger partial charge is 0.377 e. The molecule has 2 aromatic rings. The van der Waals surface area contributed by atoms with Gasteiger partial charge < -0.3 is 9.88 Å². The van der Waals surface area contributed by atoms with E-state index in [1.54, 1.807) is 0 Å². The molecule has 17 heavy (non-hydrogen) atoms. The highest BCUT2D eigenvalue weighted by Gasteiger charge is 2.03. The van der Waals surface area contributed by atoms with Crippen molar-refractivity contribution in [1.29, 1.82) is 0 Å². The molecule has 0 atom stereocenters. The van der Waals surface area contributed by atoms with Crippen molar-refractivity contribution in [2.75, 3.05) is 5.32 Å². The summed E-state index contributed by atoms with van der Waals surface area (Å²) in [6.45, 7) is 5.89. The predicted octanol–water partition coefficient (Wildman–Crippen LogP) is 3.59. The monoisotopic (exact) mass is 293 g/mol. The summed E-state index contributed by atoms with van der Waals surface area (Å²) >= 11 is 3.56. The van der Waals surface area contributed by atoms with Crippen LogP contribution in [0.3, 0.4) is 0 Å². The first kappa shape index (κ1) is 12.2. The van der Waals surface area contributed by atoms with Gasteiger partial charge in [0.25, 0.3) is 0 Å². The Hall–Kier alpha value is -1.29. The van der Waals surface area contributed by atoms with Gasteiger partial charge >= 0.3 is 0 Å². The van der Waals surface area contributed by atoms with E-state index in [1.807, 2.05) is 12.4 Å². The van der Waals surface area contributed by atoms with Crippen LogP contribution in [0.15, 0.2) is 35.1 Å². The van der Waals surface area contributed by atoms with E-state index in [0.717, 1.165) is 29.1 Å². The number of benzene rings is 1. The summed E-state index contributed by atoms with van der Waals surface area (Å²) in [5, 5.41) is 3.39. The fourth-order valence-corrected chi connectivity index (χ4v) is 2.37. The number of hydrogen-bond donors (Lipinski definition) is 1. The van der Waals surface area contributed by atoms with Gasteiger partial charge in [-0.3, -0.25) is 0 Å². The van der Waals surface area contributed by atoms with E-state index < -0.39 is 0 Å². The molecule has 0 bridgehead atoms. The van der Waals surface area contributed by atoms with Gasteiger partial charge in [-0.25, -0.2) is 4.98 Å². The fourth-order valence-electron chi connectivity index (χ4n) is 1.73. The Morgan fingerprint density at radius 2 is 2.24 bits per heavy atom. The van der Waals surface area contributed by atoms with Crippen LogP contribution in [0.2, 0.25) is 0 Å². The molecule has 1 aromatic heterocycles. The average Bonchev–Trinajstić information content (AvgIpc) is 2.75. The number of aromatic nitrogens is 2. The van der Waals surface area contributed by atoms with Crippen molar-refractivity contribution in [2.45, 2.75) is 26.9 Å². The lowest BCUT2D eigenvalue weighted by Gasteiger charge is -2.10. The minimum absolute atomic E-state index is 0.739. The molecule has 0 spiro atoms. The van der Waals surface area contributed by atoms with Crippen molar-refractivity contribution in [3.8, 4) is 0 Å². The summed E-state index contributed by atoms with van der Waals surface area (Å²) in [5.41, 5.74) is 2.35. The van der Waals surface area contributed by atoms with Crippen molar-refractivity contribution in [3.05, 3.63) is 46.5 Å². The molecule has 1 heterocycles. The minimum Gasteiger partial charge on any atom is -0.377 e. The smallest absolute Gasteiger partial charge is 0.128 e.